The normalized spacial score (nSPS) is 16.8. The van der Waals surface area contributed by atoms with Crippen LogP contribution in [0.2, 0.25) is 0 Å². The maximum absolute atomic E-state index is 5.80. The van der Waals surface area contributed by atoms with Crippen LogP contribution in [-0.4, -0.2) is 28.7 Å². The second-order valence-electron chi connectivity index (χ2n) is 5.78. The van der Waals surface area contributed by atoms with E-state index < -0.39 is 0 Å². The molecule has 0 radical (unpaired) electrons. The van der Waals surface area contributed by atoms with Crippen molar-refractivity contribution in [2.24, 2.45) is 5.16 Å². The van der Waals surface area contributed by atoms with Gasteiger partial charge in [-0.15, -0.1) is 0 Å². The molecule has 1 aliphatic carbocycles. The predicted molar refractivity (Wildman–Crippen MR) is 83.7 cm³/mol. The molecule has 0 N–H and O–H groups in total. The maximum Gasteiger partial charge on any atom is 0.130 e. The van der Waals surface area contributed by atoms with Gasteiger partial charge in [0, 0.05) is 18.7 Å². The summed E-state index contributed by atoms with van der Waals surface area (Å²) in [6, 6.07) is 8.04. The Balaban J connectivity index is 1.52. The van der Waals surface area contributed by atoms with E-state index in [4.69, 9.17) is 14.7 Å². The maximum atomic E-state index is 5.80. The molecule has 5 nitrogen and oxygen atoms in total. The number of rotatable bonds is 4. The molecule has 1 aromatic heterocycles. The average molecular weight is 297 g/mol. The van der Waals surface area contributed by atoms with Gasteiger partial charge in [0.25, 0.3) is 0 Å². The van der Waals surface area contributed by atoms with E-state index in [1.54, 1.807) is 0 Å². The molecule has 2 aromatic rings. The molecule has 114 valence electrons. The van der Waals surface area contributed by atoms with Crippen LogP contribution in [0.4, 0.5) is 0 Å². The fraction of sp³-hybridized carbons (Fsp3) is 0.412. The van der Waals surface area contributed by atoms with Crippen LogP contribution in [0.15, 0.2) is 35.6 Å². The standard InChI is InChI=1S/C17H19N3O2/c1-2-7-17-13(4-1)11-20(18-17)15-5-3-6-16(10-15)21-12-14-8-9-22-19-14/h3,5-6,10-11H,1-2,4,7-9,12H2. The third-order valence-electron chi connectivity index (χ3n) is 4.15. The summed E-state index contributed by atoms with van der Waals surface area (Å²) in [5, 5.41) is 8.67. The van der Waals surface area contributed by atoms with E-state index in [0.717, 1.165) is 36.4 Å². The van der Waals surface area contributed by atoms with Gasteiger partial charge < -0.3 is 9.57 Å². The highest BCUT2D eigenvalue weighted by Gasteiger charge is 2.14. The number of benzene rings is 1. The molecule has 0 atom stereocenters. The Hall–Kier alpha value is -2.30. The molecule has 0 saturated heterocycles. The molecule has 2 aliphatic rings. The topological polar surface area (TPSA) is 48.6 Å². The highest BCUT2D eigenvalue weighted by molar-refractivity contribution is 5.86. The molecular weight excluding hydrogens is 278 g/mol. The molecule has 0 fully saturated rings. The highest BCUT2D eigenvalue weighted by Crippen LogP contribution is 2.23. The molecule has 0 amide bonds. The lowest BCUT2D eigenvalue weighted by atomic mass is 9.99. The Morgan fingerprint density at radius 3 is 3.00 bits per heavy atom. The second-order valence-corrected chi connectivity index (χ2v) is 5.78. The molecule has 0 spiro atoms. The number of fused-ring (bicyclic) bond motifs is 1. The minimum Gasteiger partial charge on any atom is -0.487 e. The first kappa shape index (κ1) is 13.4. The Morgan fingerprint density at radius 1 is 1.18 bits per heavy atom. The van der Waals surface area contributed by atoms with Gasteiger partial charge in [-0.1, -0.05) is 11.2 Å². The number of oxime groups is 1. The summed E-state index contributed by atoms with van der Waals surface area (Å²) in [4.78, 5) is 4.98. The van der Waals surface area contributed by atoms with Crippen LogP contribution in [0.25, 0.3) is 5.69 Å². The van der Waals surface area contributed by atoms with Crippen LogP contribution in [0, 0.1) is 0 Å². The van der Waals surface area contributed by atoms with Crippen molar-refractivity contribution in [2.75, 3.05) is 13.2 Å². The van der Waals surface area contributed by atoms with E-state index in [2.05, 4.69) is 17.4 Å². The molecular formula is C17H19N3O2. The van der Waals surface area contributed by atoms with Gasteiger partial charge in [-0.3, -0.25) is 0 Å². The van der Waals surface area contributed by atoms with Crippen molar-refractivity contribution >= 4 is 5.71 Å². The summed E-state index contributed by atoms with van der Waals surface area (Å²) in [5.41, 5.74) is 4.63. The lowest BCUT2D eigenvalue weighted by Crippen LogP contribution is -2.09. The summed E-state index contributed by atoms with van der Waals surface area (Å²) >= 11 is 0. The van der Waals surface area contributed by atoms with Crippen molar-refractivity contribution < 1.29 is 9.57 Å². The van der Waals surface area contributed by atoms with Crippen molar-refractivity contribution in [1.82, 2.24) is 9.78 Å². The molecule has 22 heavy (non-hydrogen) atoms. The van der Waals surface area contributed by atoms with E-state index in [1.807, 2.05) is 22.9 Å². The predicted octanol–water partition coefficient (Wildman–Crippen LogP) is 2.91. The monoisotopic (exact) mass is 297 g/mol. The van der Waals surface area contributed by atoms with E-state index in [0.29, 0.717) is 13.2 Å². The minimum absolute atomic E-state index is 0.485. The van der Waals surface area contributed by atoms with Crippen LogP contribution in [-0.2, 0) is 17.7 Å². The SMILES string of the molecule is c1cc(OCC2=NOCC2)cc(-n2cc3c(n2)CCCC3)c1. The molecule has 2 heterocycles. The van der Waals surface area contributed by atoms with Crippen LogP contribution in [0.5, 0.6) is 5.75 Å². The first-order valence-electron chi connectivity index (χ1n) is 7.87. The Kier molecular flexibility index (Phi) is 3.54. The molecule has 1 aliphatic heterocycles. The molecule has 0 unspecified atom stereocenters. The molecule has 5 heteroatoms. The third-order valence-corrected chi connectivity index (χ3v) is 4.15. The first-order chi connectivity index (χ1) is 10.9. The summed E-state index contributed by atoms with van der Waals surface area (Å²) in [7, 11) is 0. The van der Waals surface area contributed by atoms with E-state index in [1.165, 1.54) is 24.1 Å². The average Bonchev–Trinajstić information content (AvgIpc) is 3.22. The molecule has 0 saturated carbocycles. The Morgan fingerprint density at radius 2 is 2.14 bits per heavy atom. The largest absolute Gasteiger partial charge is 0.487 e. The van der Waals surface area contributed by atoms with Crippen LogP contribution in [0.3, 0.4) is 0 Å². The zero-order chi connectivity index (χ0) is 14.8. The fourth-order valence-electron chi connectivity index (χ4n) is 2.93. The van der Waals surface area contributed by atoms with E-state index in [9.17, 15) is 0 Å². The van der Waals surface area contributed by atoms with Crippen LogP contribution >= 0.6 is 0 Å². The van der Waals surface area contributed by atoms with Gasteiger partial charge in [0.15, 0.2) is 0 Å². The fourth-order valence-corrected chi connectivity index (χ4v) is 2.93. The van der Waals surface area contributed by atoms with E-state index in [-0.39, 0.29) is 0 Å². The lowest BCUT2D eigenvalue weighted by Gasteiger charge is -2.07. The van der Waals surface area contributed by atoms with Crippen molar-refractivity contribution in [3.63, 3.8) is 0 Å². The van der Waals surface area contributed by atoms with Crippen molar-refractivity contribution in [3.05, 3.63) is 41.7 Å². The summed E-state index contributed by atoms with van der Waals surface area (Å²) in [6.45, 7) is 1.15. The lowest BCUT2D eigenvalue weighted by molar-refractivity contribution is 0.173. The number of hydrogen-bond acceptors (Lipinski definition) is 4. The number of hydrogen-bond donors (Lipinski definition) is 0. The van der Waals surface area contributed by atoms with Gasteiger partial charge in [0.2, 0.25) is 0 Å². The van der Waals surface area contributed by atoms with Gasteiger partial charge in [-0.25, -0.2) is 4.68 Å². The van der Waals surface area contributed by atoms with Crippen molar-refractivity contribution in [1.29, 1.82) is 0 Å². The number of aryl methyl sites for hydroxylation is 2. The van der Waals surface area contributed by atoms with Gasteiger partial charge in [0.05, 0.1) is 17.1 Å². The number of aromatic nitrogens is 2. The van der Waals surface area contributed by atoms with Gasteiger partial charge in [-0.05, 0) is 43.4 Å². The molecule has 4 rings (SSSR count). The third kappa shape index (κ3) is 2.71. The van der Waals surface area contributed by atoms with Crippen LogP contribution < -0.4 is 4.74 Å². The summed E-state index contributed by atoms with van der Waals surface area (Å²) < 4.78 is 7.77. The number of ether oxygens (including phenoxy) is 1. The Bertz CT molecular complexity index is 682. The van der Waals surface area contributed by atoms with Gasteiger partial charge in [0.1, 0.15) is 19.0 Å². The quantitative estimate of drug-likeness (QED) is 0.872. The molecule has 1 aromatic carbocycles. The zero-order valence-electron chi connectivity index (χ0n) is 12.5. The summed E-state index contributed by atoms with van der Waals surface area (Å²) in [5.74, 6) is 0.834. The number of nitrogens with zero attached hydrogens (tertiary/aromatic N) is 3. The zero-order valence-corrected chi connectivity index (χ0v) is 12.5. The minimum atomic E-state index is 0.485. The van der Waals surface area contributed by atoms with E-state index >= 15 is 0 Å². The smallest absolute Gasteiger partial charge is 0.130 e. The Labute approximate surface area is 129 Å². The first-order valence-corrected chi connectivity index (χ1v) is 7.87. The summed E-state index contributed by atoms with van der Waals surface area (Å²) in [6.07, 6.45) is 7.77. The van der Waals surface area contributed by atoms with Gasteiger partial charge >= 0.3 is 0 Å². The highest BCUT2D eigenvalue weighted by atomic mass is 16.6. The van der Waals surface area contributed by atoms with Crippen molar-refractivity contribution in [2.45, 2.75) is 32.1 Å². The van der Waals surface area contributed by atoms with Crippen LogP contribution in [0.1, 0.15) is 30.5 Å². The van der Waals surface area contributed by atoms with Gasteiger partial charge in [-0.2, -0.15) is 5.10 Å². The molecule has 0 bridgehead atoms. The second kappa shape index (κ2) is 5.83. The van der Waals surface area contributed by atoms with Crippen molar-refractivity contribution in [3.8, 4) is 11.4 Å².